The Bertz CT molecular complexity index is 1160. The van der Waals surface area contributed by atoms with Crippen LogP contribution in [0.15, 0.2) is 41.3 Å². The van der Waals surface area contributed by atoms with Gasteiger partial charge in [0.25, 0.3) is 0 Å². The van der Waals surface area contributed by atoms with Crippen LogP contribution >= 0.6 is 11.8 Å². The van der Waals surface area contributed by atoms with Gasteiger partial charge < -0.3 is 25.2 Å². The highest BCUT2D eigenvalue weighted by Gasteiger charge is 2.72. The molecule has 0 unspecified atom stereocenters. The van der Waals surface area contributed by atoms with E-state index in [4.69, 9.17) is 4.74 Å². The van der Waals surface area contributed by atoms with Crippen LogP contribution in [0.4, 0.5) is 5.69 Å². The van der Waals surface area contributed by atoms with Gasteiger partial charge in [0.15, 0.2) is 0 Å². The molecule has 3 aliphatic heterocycles. The summed E-state index contributed by atoms with van der Waals surface area (Å²) in [5.41, 5.74) is -0.446. The predicted molar refractivity (Wildman–Crippen MR) is 158 cm³/mol. The van der Waals surface area contributed by atoms with Crippen molar-refractivity contribution in [1.82, 2.24) is 15.1 Å². The van der Waals surface area contributed by atoms with Gasteiger partial charge >= 0.3 is 0 Å². The highest BCUT2D eigenvalue weighted by Crippen LogP contribution is 2.55. The van der Waals surface area contributed by atoms with E-state index in [-0.39, 0.29) is 23.8 Å². The minimum atomic E-state index is -1.14. The Morgan fingerprint density at radius 3 is 2.67 bits per heavy atom. The van der Waals surface area contributed by atoms with Crippen LogP contribution in [0.3, 0.4) is 0 Å². The van der Waals surface area contributed by atoms with E-state index in [1.165, 1.54) is 6.42 Å². The van der Waals surface area contributed by atoms with E-state index < -0.39 is 29.6 Å². The number of ether oxygens (including phenoxy) is 1. The van der Waals surface area contributed by atoms with Crippen molar-refractivity contribution in [2.24, 2.45) is 23.7 Å². The third kappa shape index (κ3) is 5.09. The number of anilines is 1. The number of nitrogens with zero attached hydrogens (tertiary/aromatic N) is 2. The van der Waals surface area contributed by atoms with E-state index in [2.05, 4.69) is 43.2 Å². The van der Waals surface area contributed by atoms with E-state index in [1.54, 1.807) is 16.7 Å². The lowest BCUT2D eigenvalue weighted by Crippen LogP contribution is -2.58. The van der Waals surface area contributed by atoms with Crippen LogP contribution in [-0.2, 0) is 19.1 Å². The van der Waals surface area contributed by atoms with Gasteiger partial charge in [0.1, 0.15) is 11.6 Å². The summed E-state index contributed by atoms with van der Waals surface area (Å²) in [6, 6.07) is 6.94. The molecule has 1 spiro atoms. The van der Waals surface area contributed by atoms with Crippen molar-refractivity contribution in [3.8, 4) is 0 Å². The van der Waals surface area contributed by atoms with Gasteiger partial charge in [-0.3, -0.25) is 14.4 Å². The molecule has 5 rings (SSSR count). The average Bonchev–Trinajstić information content (AvgIpc) is 3.59. The molecule has 0 aromatic heterocycles. The van der Waals surface area contributed by atoms with Crippen LogP contribution in [0.5, 0.6) is 0 Å². The van der Waals surface area contributed by atoms with Crippen molar-refractivity contribution in [3.05, 3.63) is 36.4 Å². The van der Waals surface area contributed by atoms with Gasteiger partial charge in [0.05, 0.1) is 17.9 Å². The number of benzene rings is 1. The SMILES string of the molecule is CCN(CC)CCN1C(=O)[C@@H]2[C@H](C(=O)Nc3cccc(SC)c3)[C@@H]3C=C[C@@]2(O3)[C@@H]1C(=O)N[C@@H]1CCC[C@@H](C)[C@@H]1C. The number of hydrogen-bond donors (Lipinski definition) is 2. The second-order valence-corrected chi connectivity index (χ2v) is 12.7. The Balaban J connectivity index is 1.43. The number of carbonyl (C=O) groups excluding carboxylic acids is 3. The molecule has 9 heteroatoms. The zero-order valence-electron chi connectivity index (χ0n) is 24.4. The molecule has 1 aliphatic carbocycles. The Hall–Kier alpha value is -2.36. The number of thioether (sulfide) groups is 1. The first-order chi connectivity index (χ1) is 19.2. The third-order valence-electron chi connectivity index (χ3n) is 9.85. The Morgan fingerprint density at radius 2 is 1.95 bits per heavy atom. The highest BCUT2D eigenvalue weighted by molar-refractivity contribution is 7.98. The zero-order chi connectivity index (χ0) is 28.6. The summed E-state index contributed by atoms with van der Waals surface area (Å²) in [5.74, 6) is -1.11. The topological polar surface area (TPSA) is 91.0 Å². The molecule has 8 nitrogen and oxygen atoms in total. The van der Waals surface area contributed by atoms with Crippen LogP contribution in [0.1, 0.15) is 47.0 Å². The van der Waals surface area contributed by atoms with Gasteiger partial charge in [-0.2, -0.15) is 0 Å². The lowest BCUT2D eigenvalue weighted by Gasteiger charge is -2.38. The number of fused-ring (bicyclic) bond motifs is 1. The maximum Gasteiger partial charge on any atom is 0.246 e. The van der Waals surface area contributed by atoms with Crippen LogP contribution in [0.25, 0.3) is 0 Å². The fourth-order valence-corrected chi connectivity index (χ4v) is 7.73. The second kappa shape index (κ2) is 11.9. The standard InChI is InChI=1S/C31H44N4O4S/c1-6-34(7-2)16-17-35-27(29(37)33-23-13-8-10-19(3)20(23)4)31-15-14-24(39-31)25(26(31)30(35)38)28(36)32-21-11-9-12-22(18-21)40-5/h9,11-12,14-15,18-20,23-27H,6-8,10,13,16-17H2,1-5H3,(H,32,36)(H,33,37)/t19-,20+,23-,24+,25-,26+,27+,31+/m1/s1. The summed E-state index contributed by atoms with van der Waals surface area (Å²) in [7, 11) is 0. The Labute approximate surface area is 242 Å². The molecule has 1 saturated carbocycles. The Kier molecular flexibility index (Phi) is 8.64. The molecular formula is C31H44N4O4S. The molecule has 2 bridgehead atoms. The van der Waals surface area contributed by atoms with Gasteiger partial charge in [-0.15, -0.1) is 11.8 Å². The van der Waals surface area contributed by atoms with Crippen molar-refractivity contribution < 1.29 is 19.1 Å². The van der Waals surface area contributed by atoms with Crippen molar-refractivity contribution >= 4 is 35.2 Å². The summed E-state index contributed by atoms with van der Waals surface area (Å²) < 4.78 is 6.52. The number of nitrogens with one attached hydrogen (secondary N) is 2. The van der Waals surface area contributed by atoms with Crippen LogP contribution in [-0.4, -0.2) is 83.7 Å². The van der Waals surface area contributed by atoms with Gasteiger partial charge in [0, 0.05) is 29.7 Å². The first kappa shape index (κ1) is 29.1. The molecule has 40 heavy (non-hydrogen) atoms. The molecule has 218 valence electrons. The first-order valence-corrected chi connectivity index (χ1v) is 16.1. The van der Waals surface area contributed by atoms with Crippen molar-refractivity contribution in [2.75, 3.05) is 37.8 Å². The monoisotopic (exact) mass is 568 g/mol. The Morgan fingerprint density at radius 1 is 1.18 bits per heavy atom. The van der Waals surface area contributed by atoms with Gasteiger partial charge in [-0.1, -0.05) is 58.8 Å². The van der Waals surface area contributed by atoms with Crippen molar-refractivity contribution in [2.45, 2.75) is 75.6 Å². The van der Waals surface area contributed by atoms with E-state index in [0.29, 0.717) is 30.6 Å². The van der Waals surface area contributed by atoms with Crippen LogP contribution in [0.2, 0.25) is 0 Å². The number of hydrogen-bond acceptors (Lipinski definition) is 6. The minimum Gasteiger partial charge on any atom is -0.359 e. The molecule has 3 amide bonds. The second-order valence-electron chi connectivity index (χ2n) is 11.9. The number of rotatable bonds is 10. The van der Waals surface area contributed by atoms with E-state index in [9.17, 15) is 14.4 Å². The quantitative estimate of drug-likeness (QED) is 0.330. The summed E-state index contributed by atoms with van der Waals surface area (Å²) in [6.45, 7) is 11.4. The molecule has 3 fully saturated rings. The maximum atomic E-state index is 14.2. The van der Waals surface area contributed by atoms with Crippen molar-refractivity contribution in [1.29, 1.82) is 0 Å². The number of likely N-dealkylation sites (N-methyl/N-ethyl adjacent to an activating group) is 1. The molecule has 3 heterocycles. The molecule has 2 N–H and O–H groups in total. The molecule has 0 radical (unpaired) electrons. The lowest BCUT2D eigenvalue weighted by atomic mass is 9.73. The maximum absolute atomic E-state index is 14.2. The van der Waals surface area contributed by atoms with E-state index in [0.717, 1.165) is 30.8 Å². The summed E-state index contributed by atoms with van der Waals surface area (Å²) in [6.07, 6.45) is 8.42. The normalized spacial score (nSPS) is 34.4. The number of amides is 3. The largest absolute Gasteiger partial charge is 0.359 e. The van der Waals surface area contributed by atoms with Crippen LogP contribution < -0.4 is 10.6 Å². The minimum absolute atomic E-state index is 0.0665. The summed E-state index contributed by atoms with van der Waals surface area (Å²) in [4.78, 5) is 47.0. The summed E-state index contributed by atoms with van der Waals surface area (Å²) >= 11 is 1.60. The first-order valence-electron chi connectivity index (χ1n) is 14.9. The average molecular weight is 569 g/mol. The third-order valence-corrected chi connectivity index (χ3v) is 10.6. The predicted octanol–water partition coefficient (Wildman–Crippen LogP) is 3.78. The summed E-state index contributed by atoms with van der Waals surface area (Å²) in [5, 5.41) is 6.36. The van der Waals surface area contributed by atoms with Gasteiger partial charge in [-0.25, -0.2) is 0 Å². The van der Waals surface area contributed by atoms with Gasteiger partial charge in [0.2, 0.25) is 17.7 Å². The molecule has 4 aliphatic rings. The molecule has 8 atom stereocenters. The van der Waals surface area contributed by atoms with E-state index in [1.807, 2.05) is 42.7 Å². The lowest BCUT2D eigenvalue weighted by molar-refractivity contribution is -0.141. The number of likely N-dealkylation sites (tertiary alicyclic amines) is 1. The smallest absolute Gasteiger partial charge is 0.246 e. The van der Waals surface area contributed by atoms with Crippen LogP contribution in [0, 0.1) is 23.7 Å². The highest BCUT2D eigenvalue weighted by atomic mass is 32.2. The number of carbonyl (C=O) groups is 3. The van der Waals surface area contributed by atoms with Gasteiger partial charge in [-0.05, 0) is 55.8 Å². The fraction of sp³-hybridized carbons (Fsp3) is 0.645. The molecule has 1 aromatic carbocycles. The van der Waals surface area contributed by atoms with Crippen molar-refractivity contribution in [3.63, 3.8) is 0 Å². The molecular weight excluding hydrogens is 524 g/mol. The fourth-order valence-electron chi connectivity index (χ4n) is 7.27. The zero-order valence-corrected chi connectivity index (χ0v) is 25.2. The molecule has 2 saturated heterocycles. The molecule has 1 aromatic rings. The van der Waals surface area contributed by atoms with E-state index >= 15 is 0 Å².